The molecule has 1 heterocycles. The van der Waals surface area contributed by atoms with Crippen molar-refractivity contribution in [2.75, 3.05) is 13.7 Å². The van der Waals surface area contributed by atoms with E-state index < -0.39 is 23.8 Å². The Kier molecular flexibility index (Phi) is 5.47. The highest BCUT2D eigenvalue weighted by Gasteiger charge is 2.43. The van der Waals surface area contributed by atoms with Crippen molar-refractivity contribution in [2.45, 2.75) is 39.7 Å². The summed E-state index contributed by atoms with van der Waals surface area (Å²) in [6.07, 6.45) is 1.16. The molecule has 19 heavy (non-hydrogen) atoms. The Balaban J connectivity index is 2.99. The average molecular weight is 270 g/mol. The molecule has 0 aromatic heterocycles. The maximum absolute atomic E-state index is 12.3. The van der Waals surface area contributed by atoms with Crippen molar-refractivity contribution in [1.29, 1.82) is 0 Å². The Morgan fingerprint density at radius 1 is 1.32 bits per heavy atom. The lowest BCUT2D eigenvalue weighted by Crippen LogP contribution is -2.62. The van der Waals surface area contributed by atoms with Crippen molar-refractivity contribution in [1.82, 2.24) is 10.2 Å². The molecule has 6 heteroatoms. The summed E-state index contributed by atoms with van der Waals surface area (Å²) in [5.74, 6) is -1.61. The van der Waals surface area contributed by atoms with Gasteiger partial charge in [-0.3, -0.25) is 19.8 Å². The molecule has 2 unspecified atom stereocenters. The first kappa shape index (κ1) is 15.6. The van der Waals surface area contributed by atoms with Gasteiger partial charge in [-0.2, -0.15) is 0 Å². The number of hydrogen-bond acceptors (Lipinski definition) is 4. The van der Waals surface area contributed by atoms with Gasteiger partial charge in [-0.15, -0.1) is 0 Å². The van der Waals surface area contributed by atoms with Gasteiger partial charge in [0, 0.05) is 7.11 Å². The van der Waals surface area contributed by atoms with Gasteiger partial charge in [-0.25, -0.2) is 4.79 Å². The highest BCUT2D eigenvalue weighted by molar-refractivity contribution is 6.16. The molecule has 2 atom stereocenters. The number of carbonyl (C=O) groups is 3. The van der Waals surface area contributed by atoms with Gasteiger partial charge >= 0.3 is 6.03 Å². The number of hydrogen-bond donors (Lipinski definition) is 1. The van der Waals surface area contributed by atoms with E-state index >= 15 is 0 Å². The zero-order chi connectivity index (χ0) is 14.6. The minimum absolute atomic E-state index is 0.0603. The molecule has 1 aliphatic rings. The van der Waals surface area contributed by atoms with Crippen LogP contribution in [0.5, 0.6) is 0 Å². The molecule has 0 bridgehead atoms. The first-order chi connectivity index (χ1) is 8.93. The van der Waals surface area contributed by atoms with Crippen molar-refractivity contribution in [3.63, 3.8) is 0 Å². The fourth-order valence-corrected chi connectivity index (χ4v) is 2.23. The van der Waals surface area contributed by atoms with Crippen molar-refractivity contribution in [3.05, 3.63) is 0 Å². The van der Waals surface area contributed by atoms with Crippen LogP contribution in [0.1, 0.15) is 33.6 Å². The number of imide groups is 2. The highest BCUT2D eigenvalue weighted by Crippen LogP contribution is 2.21. The summed E-state index contributed by atoms with van der Waals surface area (Å²) in [7, 11) is 1.52. The van der Waals surface area contributed by atoms with Crippen molar-refractivity contribution < 1.29 is 19.1 Å². The summed E-state index contributed by atoms with van der Waals surface area (Å²) in [5, 5.41) is 2.26. The van der Waals surface area contributed by atoms with Crippen LogP contribution < -0.4 is 5.32 Å². The molecule has 1 N–H and O–H groups in total. The third-order valence-electron chi connectivity index (χ3n) is 3.32. The van der Waals surface area contributed by atoms with Crippen LogP contribution in [0.2, 0.25) is 0 Å². The standard InChI is InChI=1S/C13H22N2O4/c1-5-6-9-11(16)14-13(18)15(12(9)17)10(7-19-4)8(2)3/h8-10H,5-7H2,1-4H3,(H,14,16,18). The zero-order valence-corrected chi connectivity index (χ0v) is 11.9. The van der Waals surface area contributed by atoms with Crippen LogP contribution in [0.4, 0.5) is 4.79 Å². The second kappa shape index (κ2) is 6.65. The quantitative estimate of drug-likeness (QED) is 0.735. The number of methoxy groups -OCH3 is 1. The van der Waals surface area contributed by atoms with E-state index in [9.17, 15) is 14.4 Å². The monoisotopic (exact) mass is 270 g/mol. The third-order valence-corrected chi connectivity index (χ3v) is 3.32. The molecule has 0 aliphatic carbocycles. The Morgan fingerprint density at radius 3 is 2.42 bits per heavy atom. The number of nitrogens with zero attached hydrogens (tertiary/aromatic N) is 1. The van der Waals surface area contributed by atoms with Gasteiger partial charge in [0.05, 0.1) is 12.6 Å². The van der Waals surface area contributed by atoms with Crippen molar-refractivity contribution in [3.8, 4) is 0 Å². The molecule has 108 valence electrons. The van der Waals surface area contributed by atoms with Gasteiger partial charge in [-0.05, 0) is 12.3 Å². The first-order valence-corrected chi connectivity index (χ1v) is 6.60. The van der Waals surface area contributed by atoms with E-state index in [2.05, 4.69) is 5.32 Å². The molecule has 0 aromatic rings. The molecule has 1 rings (SSSR count). The van der Waals surface area contributed by atoms with Crippen LogP contribution in [0.15, 0.2) is 0 Å². The van der Waals surface area contributed by atoms with E-state index in [-0.39, 0.29) is 18.6 Å². The number of barbiturate groups is 1. The maximum atomic E-state index is 12.3. The maximum Gasteiger partial charge on any atom is 0.331 e. The lowest BCUT2D eigenvalue weighted by molar-refractivity contribution is -0.145. The number of nitrogens with one attached hydrogen (secondary N) is 1. The third kappa shape index (κ3) is 3.32. The predicted molar refractivity (Wildman–Crippen MR) is 69.3 cm³/mol. The van der Waals surface area contributed by atoms with Gasteiger partial charge in [0.1, 0.15) is 5.92 Å². The van der Waals surface area contributed by atoms with Gasteiger partial charge in [0.2, 0.25) is 11.8 Å². The lowest BCUT2D eigenvalue weighted by atomic mass is 9.95. The van der Waals surface area contributed by atoms with Crippen LogP contribution in [0.25, 0.3) is 0 Å². The molecular formula is C13H22N2O4. The van der Waals surface area contributed by atoms with Crippen LogP contribution >= 0.6 is 0 Å². The molecule has 4 amide bonds. The number of amides is 4. The molecule has 0 aromatic carbocycles. The van der Waals surface area contributed by atoms with Crippen LogP contribution in [0.3, 0.4) is 0 Å². The average Bonchev–Trinajstić information content (AvgIpc) is 2.33. The summed E-state index contributed by atoms with van der Waals surface area (Å²) in [4.78, 5) is 37.1. The van der Waals surface area contributed by atoms with E-state index in [1.807, 2.05) is 20.8 Å². The normalized spacial score (nSPS) is 21.8. The van der Waals surface area contributed by atoms with E-state index in [1.165, 1.54) is 7.11 Å². The van der Waals surface area contributed by atoms with Crippen LogP contribution in [-0.2, 0) is 14.3 Å². The molecule has 0 spiro atoms. The summed E-state index contributed by atoms with van der Waals surface area (Å²) in [5.41, 5.74) is 0. The fraction of sp³-hybridized carbons (Fsp3) is 0.769. The van der Waals surface area contributed by atoms with E-state index in [0.717, 1.165) is 4.90 Å². The van der Waals surface area contributed by atoms with Gasteiger partial charge in [-0.1, -0.05) is 27.2 Å². The summed E-state index contributed by atoms with van der Waals surface area (Å²) < 4.78 is 5.08. The van der Waals surface area contributed by atoms with Gasteiger partial charge in [0.15, 0.2) is 0 Å². The Labute approximate surface area is 113 Å². The Hall–Kier alpha value is -1.43. The SMILES string of the molecule is CCCC1C(=O)NC(=O)N(C(COC)C(C)C)C1=O. The summed E-state index contributed by atoms with van der Waals surface area (Å²) in [6.45, 7) is 5.99. The molecule has 1 fully saturated rings. The van der Waals surface area contributed by atoms with Crippen LogP contribution in [-0.4, -0.2) is 42.5 Å². The Bertz CT molecular complexity index is 368. The minimum Gasteiger partial charge on any atom is -0.383 e. The first-order valence-electron chi connectivity index (χ1n) is 6.60. The fourth-order valence-electron chi connectivity index (χ4n) is 2.23. The zero-order valence-electron chi connectivity index (χ0n) is 11.9. The van der Waals surface area contributed by atoms with Gasteiger partial charge < -0.3 is 4.74 Å². The largest absolute Gasteiger partial charge is 0.383 e. The van der Waals surface area contributed by atoms with Gasteiger partial charge in [0.25, 0.3) is 0 Å². The van der Waals surface area contributed by atoms with Crippen molar-refractivity contribution >= 4 is 17.8 Å². The highest BCUT2D eigenvalue weighted by atomic mass is 16.5. The van der Waals surface area contributed by atoms with E-state index in [4.69, 9.17) is 4.74 Å². The number of rotatable bonds is 6. The predicted octanol–water partition coefficient (Wildman–Crippen LogP) is 1.15. The Morgan fingerprint density at radius 2 is 1.95 bits per heavy atom. The molecule has 1 saturated heterocycles. The molecular weight excluding hydrogens is 248 g/mol. The second-order valence-corrected chi connectivity index (χ2v) is 5.11. The summed E-state index contributed by atoms with van der Waals surface area (Å²) >= 11 is 0. The van der Waals surface area contributed by atoms with E-state index in [1.54, 1.807) is 0 Å². The van der Waals surface area contributed by atoms with Crippen LogP contribution in [0, 0.1) is 11.8 Å². The second-order valence-electron chi connectivity index (χ2n) is 5.11. The number of ether oxygens (including phenoxy) is 1. The van der Waals surface area contributed by atoms with Crippen molar-refractivity contribution in [2.24, 2.45) is 11.8 Å². The molecule has 1 aliphatic heterocycles. The lowest BCUT2D eigenvalue weighted by Gasteiger charge is -2.37. The molecule has 6 nitrogen and oxygen atoms in total. The number of urea groups is 1. The summed E-state index contributed by atoms with van der Waals surface area (Å²) in [6, 6.07) is -0.997. The molecule has 0 radical (unpaired) electrons. The van der Waals surface area contributed by atoms with E-state index in [0.29, 0.717) is 12.8 Å². The minimum atomic E-state index is -0.763. The number of carbonyl (C=O) groups excluding carboxylic acids is 3. The molecule has 0 saturated carbocycles. The smallest absolute Gasteiger partial charge is 0.331 e. The topological polar surface area (TPSA) is 75.7 Å².